The van der Waals surface area contributed by atoms with Crippen molar-refractivity contribution in [1.82, 2.24) is 5.32 Å². The molecule has 0 aliphatic carbocycles. The van der Waals surface area contributed by atoms with Crippen LogP contribution in [0.5, 0.6) is 0 Å². The van der Waals surface area contributed by atoms with Crippen LogP contribution in [-0.4, -0.2) is 108 Å². The van der Waals surface area contributed by atoms with E-state index in [1.165, 1.54) is 14.0 Å². The van der Waals surface area contributed by atoms with Crippen LogP contribution in [0.2, 0.25) is 0 Å². The van der Waals surface area contributed by atoms with Crippen LogP contribution in [0.3, 0.4) is 0 Å². The second-order valence-electron chi connectivity index (χ2n) is 5.51. The maximum Gasteiger partial charge on any atom is 0.217 e. The van der Waals surface area contributed by atoms with Crippen molar-refractivity contribution in [2.45, 2.75) is 50.0 Å². The highest BCUT2D eigenvalue weighted by molar-refractivity contribution is 5.73. The first-order valence-electron chi connectivity index (χ1n) is 7.79. The topological polar surface area (TPSA) is 167 Å². The fourth-order valence-corrected chi connectivity index (χ4v) is 2.55. The SMILES string of the molecule is CO[C@@H]1[C@@H](NC(C)=O)[C@@H](O)O[C@H](CO)[C@H]1O[C@H](CO)OC(CO)CO. The fraction of sp³-hybridized carbons (Fsp3) is 0.929. The van der Waals surface area contributed by atoms with E-state index >= 15 is 0 Å². The molecule has 1 saturated heterocycles. The molecule has 148 valence electrons. The van der Waals surface area contributed by atoms with Crippen molar-refractivity contribution in [3.05, 3.63) is 0 Å². The average Bonchev–Trinajstić information content (AvgIpc) is 2.60. The van der Waals surface area contributed by atoms with Gasteiger partial charge in [-0.25, -0.2) is 0 Å². The van der Waals surface area contributed by atoms with Gasteiger partial charge in [-0.15, -0.1) is 0 Å². The Labute approximate surface area is 145 Å². The standard InChI is InChI=1S/C14H27NO10/c1-7(20)15-11-13(22-2)12(9(5-18)24-14(11)21)25-10(6-19)23-8(3-16)4-17/h8-14,16-19,21H,3-6H2,1-2H3,(H,15,20)/t9-,10-,11-,12-,13-,14+/m1/s1. The molecule has 6 N–H and O–H groups in total. The fourth-order valence-electron chi connectivity index (χ4n) is 2.55. The molecule has 0 radical (unpaired) electrons. The third-order valence-corrected chi connectivity index (χ3v) is 3.70. The first kappa shape index (κ1) is 22.2. The molecule has 0 saturated carbocycles. The number of methoxy groups -OCH3 is 1. The summed E-state index contributed by atoms with van der Waals surface area (Å²) < 4.78 is 21.3. The normalized spacial score (nSPS) is 31.1. The zero-order chi connectivity index (χ0) is 19.0. The van der Waals surface area contributed by atoms with E-state index in [1.54, 1.807) is 0 Å². The Morgan fingerprint density at radius 2 is 1.80 bits per heavy atom. The number of amides is 1. The Kier molecular flexibility index (Phi) is 9.71. The lowest BCUT2D eigenvalue weighted by Crippen LogP contribution is -2.65. The van der Waals surface area contributed by atoms with Crippen molar-refractivity contribution in [2.75, 3.05) is 33.5 Å². The molecule has 1 amide bonds. The maximum absolute atomic E-state index is 11.3. The van der Waals surface area contributed by atoms with Crippen LogP contribution in [0.4, 0.5) is 0 Å². The summed E-state index contributed by atoms with van der Waals surface area (Å²) in [5, 5.41) is 49.5. The van der Waals surface area contributed by atoms with Crippen molar-refractivity contribution in [2.24, 2.45) is 0 Å². The van der Waals surface area contributed by atoms with Gasteiger partial charge in [0.1, 0.15) is 30.5 Å². The van der Waals surface area contributed by atoms with Crippen LogP contribution in [0.15, 0.2) is 0 Å². The molecule has 0 bridgehead atoms. The summed E-state index contributed by atoms with van der Waals surface area (Å²) in [6.07, 6.45) is -6.66. The van der Waals surface area contributed by atoms with Gasteiger partial charge in [0.2, 0.25) is 5.91 Å². The summed E-state index contributed by atoms with van der Waals surface area (Å²) in [7, 11) is 1.32. The van der Waals surface area contributed by atoms with Gasteiger partial charge >= 0.3 is 0 Å². The molecule has 1 aliphatic heterocycles. The number of rotatable bonds is 10. The van der Waals surface area contributed by atoms with Crippen LogP contribution in [0, 0.1) is 0 Å². The van der Waals surface area contributed by atoms with Crippen LogP contribution < -0.4 is 5.32 Å². The van der Waals surface area contributed by atoms with Gasteiger partial charge in [-0.05, 0) is 0 Å². The van der Waals surface area contributed by atoms with E-state index in [1.807, 2.05) is 0 Å². The first-order valence-corrected chi connectivity index (χ1v) is 7.79. The minimum Gasteiger partial charge on any atom is -0.394 e. The number of aliphatic hydroxyl groups excluding tert-OH is 5. The molecule has 6 atom stereocenters. The van der Waals surface area contributed by atoms with E-state index < -0.39 is 75.4 Å². The first-order chi connectivity index (χ1) is 11.9. The summed E-state index contributed by atoms with van der Waals surface area (Å²) in [5.74, 6) is -0.438. The largest absolute Gasteiger partial charge is 0.394 e. The Hall–Kier alpha value is -0.890. The number of hydrogen-bond acceptors (Lipinski definition) is 10. The Morgan fingerprint density at radius 3 is 2.24 bits per heavy atom. The van der Waals surface area contributed by atoms with Gasteiger partial charge in [0.25, 0.3) is 0 Å². The van der Waals surface area contributed by atoms with Crippen molar-refractivity contribution >= 4 is 5.91 Å². The number of ether oxygens (including phenoxy) is 4. The summed E-state index contributed by atoms with van der Waals surface area (Å²) in [6.45, 7) is -0.894. The molecule has 1 fully saturated rings. The second-order valence-corrected chi connectivity index (χ2v) is 5.51. The predicted octanol–water partition coefficient (Wildman–Crippen LogP) is -3.71. The third kappa shape index (κ3) is 6.09. The molecule has 1 aliphatic rings. The van der Waals surface area contributed by atoms with Gasteiger partial charge in [0, 0.05) is 14.0 Å². The van der Waals surface area contributed by atoms with Gasteiger partial charge in [-0.2, -0.15) is 0 Å². The Morgan fingerprint density at radius 1 is 1.16 bits per heavy atom. The molecule has 0 spiro atoms. The van der Waals surface area contributed by atoms with Crippen molar-refractivity contribution in [3.63, 3.8) is 0 Å². The molecule has 1 heterocycles. The summed E-state index contributed by atoms with van der Waals surface area (Å²) in [4.78, 5) is 11.3. The van der Waals surface area contributed by atoms with Gasteiger partial charge in [-0.3, -0.25) is 4.79 Å². The van der Waals surface area contributed by atoms with Crippen LogP contribution >= 0.6 is 0 Å². The zero-order valence-electron chi connectivity index (χ0n) is 14.1. The summed E-state index contributed by atoms with van der Waals surface area (Å²) in [6, 6.07) is -0.985. The molecule has 0 unspecified atom stereocenters. The lowest BCUT2D eigenvalue weighted by molar-refractivity contribution is -0.308. The lowest BCUT2D eigenvalue weighted by Gasteiger charge is -2.44. The highest BCUT2D eigenvalue weighted by Gasteiger charge is 2.47. The summed E-state index contributed by atoms with van der Waals surface area (Å²) in [5.41, 5.74) is 0. The molecule has 11 heteroatoms. The van der Waals surface area contributed by atoms with Crippen LogP contribution in [-0.2, 0) is 23.7 Å². The van der Waals surface area contributed by atoms with Crippen molar-refractivity contribution in [1.29, 1.82) is 0 Å². The monoisotopic (exact) mass is 369 g/mol. The minimum atomic E-state index is -1.44. The molecule has 25 heavy (non-hydrogen) atoms. The number of aliphatic hydroxyl groups is 5. The number of nitrogens with one attached hydrogen (secondary N) is 1. The molecular formula is C14H27NO10. The molecule has 0 aromatic rings. The molecular weight excluding hydrogens is 342 g/mol. The third-order valence-electron chi connectivity index (χ3n) is 3.70. The van der Waals surface area contributed by atoms with Gasteiger partial charge < -0.3 is 49.8 Å². The van der Waals surface area contributed by atoms with E-state index in [2.05, 4.69) is 5.32 Å². The smallest absolute Gasteiger partial charge is 0.217 e. The van der Waals surface area contributed by atoms with Gasteiger partial charge in [-0.1, -0.05) is 0 Å². The number of hydrogen-bond donors (Lipinski definition) is 6. The Bertz CT molecular complexity index is 394. The van der Waals surface area contributed by atoms with Gasteiger partial charge in [0.15, 0.2) is 12.6 Å². The molecule has 0 aromatic carbocycles. The lowest BCUT2D eigenvalue weighted by atomic mass is 9.96. The quantitative estimate of drug-likeness (QED) is 0.211. The van der Waals surface area contributed by atoms with Crippen LogP contribution in [0.1, 0.15) is 6.92 Å². The number of carbonyl (C=O) groups is 1. The number of carbonyl (C=O) groups excluding carboxylic acids is 1. The molecule has 11 nitrogen and oxygen atoms in total. The highest BCUT2D eigenvalue weighted by Crippen LogP contribution is 2.26. The van der Waals surface area contributed by atoms with Crippen molar-refractivity contribution in [3.8, 4) is 0 Å². The summed E-state index contributed by atoms with van der Waals surface area (Å²) >= 11 is 0. The van der Waals surface area contributed by atoms with E-state index in [0.29, 0.717) is 0 Å². The van der Waals surface area contributed by atoms with E-state index in [9.17, 15) is 20.1 Å². The van der Waals surface area contributed by atoms with E-state index in [-0.39, 0.29) is 0 Å². The van der Waals surface area contributed by atoms with E-state index in [4.69, 9.17) is 29.2 Å². The highest BCUT2D eigenvalue weighted by atomic mass is 16.7. The molecule has 1 rings (SSSR count). The zero-order valence-corrected chi connectivity index (χ0v) is 14.1. The predicted molar refractivity (Wildman–Crippen MR) is 81.2 cm³/mol. The van der Waals surface area contributed by atoms with Crippen LogP contribution in [0.25, 0.3) is 0 Å². The minimum absolute atomic E-state index is 0.438. The average molecular weight is 369 g/mol. The maximum atomic E-state index is 11.3. The second kappa shape index (κ2) is 11.0. The molecule has 0 aromatic heterocycles. The van der Waals surface area contributed by atoms with E-state index in [0.717, 1.165) is 0 Å². The van der Waals surface area contributed by atoms with Crippen molar-refractivity contribution < 1.29 is 49.3 Å². The Balaban J connectivity index is 2.94. The van der Waals surface area contributed by atoms with Gasteiger partial charge in [0.05, 0.1) is 26.4 Å².